The van der Waals surface area contributed by atoms with Crippen molar-refractivity contribution in [3.63, 3.8) is 0 Å². The molecular formula is C29H25N3O3. The minimum absolute atomic E-state index is 0.00583. The molecule has 1 atom stereocenters. The molecule has 1 amide bonds. The van der Waals surface area contributed by atoms with Gasteiger partial charge in [-0.2, -0.15) is 0 Å². The Kier molecular flexibility index (Phi) is 5.29. The number of benzene rings is 2. The lowest BCUT2D eigenvalue weighted by atomic mass is 9.96. The van der Waals surface area contributed by atoms with Crippen LogP contribution in [0.4, 0.5) is 0 Å². The highest BCUT2D eigenvalue weighted by atomic mass is 16.2. The monoisotopic (exact) mass is 463 g/mol. The normalized spacial score (nSPS) is 16.9. The quantitative estimate of drug-likeness (QED) is 0.386. The van der Waals surface area contributed by atoms with Gasteiger partial charge in [0.15, 0.2) is 5.78 Å². The van der Waals surface area contributed by atoms with Crippen molar-refractivity contribution in [3.8, 4) is 11.3 Å². The molecule has 1 fully saturated rings. The van der Waals surface area contributed by atoms with Crippen LogP contribution >= 0.6 is 0 Å². The Morgan fingerprint density at radius 3 is 2.49 bits per heavy atom. The summed E-state index contributed by atoms with van der Waals surface area (Å²) in [6.45, 7) is 0.924. The highest BCUT2D eigenvalue weighted by Gasteiger charge is 2.33. The molecule has 174 valence electrons. The van der Waals surface area contributed by atoms with E-state index in [0.717, 1.165) is 30.4 Å². The van der Waals surface area contributed by atoms with Crippen LogP contribution < -0.4 is 5.56 Å². The molecule has 0 bridgehead atoms. The first-order chi connectivity index (χ1) is 17.1. The first-order valence-electron chi connectivity index (χ1n) is 12.1. The van der Waals surface area contributed by atoms with Gasteiger partial charge in [-0.15, -0.1) is 0 Å². The Hall–Kier alpha value is -4.06. The molecule has 3 heterocycles. The zero-order chi connectivity index (χ0) is 23.9. The van der Waals surface area contributed by atoms with E-state index in [9.17, 15) is 14.4 Å². The van der Waals surface area contributed by atoms with Crippen molar-refractivity contribution in [2.45, 2.75) is 38.3 Å². The van der Waals surface area contributed by atoms with Gasteiger partial charge in [0.2, 0.25) is 5.91 Å². The highest BCUT2D eigenvalue weighted by Crippen LogP contribution is 2.39. The van der Waals surface area contributed by atoms with E-state index in [-0.39, 0.29) is 36.3 Å². The van der Waals surface area contributed by atoms with Crippen LogP contribution in [0.5, 0.6) is 0 Å². The number of carbonyl (C=O) groups is 2. The predicted octanol–water partition coefficient (Wildman–Crippen LogP) is 4.75. The maximum Gasteiger partial charge on any atom is 0.258 e. The molecule has 2 aromatic carbocycles. The molecule has 6 nitrogen and oxygen atoms in total. The minimum atomic E-state index is -0.167. The summed E-state index contributed by atoms with van der Waals surface area (Å²) in [6, 6.07) is 18.6. The van der Waals surface area contributed by atoms with Crippen LogP contribution in [0.3, 0.4) is 0 Å². The first-order valence-corrected chi connectivity index (χ1v) is 12.1. The summed E-state index contributed by atoms with van der Waals surface area (Å²) in [5, 5.41) is 1.18. The Bertz CT molecular complexity index is 1520. The topological polar surface area (TPSA) is 72.3 Å². The number of piperidine rings is 1. The molecule has 1 aliphatic carbocycles. The molecule has 4 aromatic rings. The average Bonchev–Trinajstić information content (AvgIpc) is 3.21. The summed E-state index contributed by atoms with van der Waals surface area (Å²) < 4.78 is 1.64. The number of amides is 1. The fourth-order valence-corrected chi connectivity index (χ4v) is 5.64. The molecule has 0 spiro atoms. The number of ketones is 1. The smallest absolute Gasteiger partial charge is 0.258 e. The van der Waals surface area contributed by atoms with E-state index < -0.39 is 0 Å². The number of hydrogen-bond donors (Lipinski definition) is 0. The van der Waals surface area contributed by atoms with E-state index in [2.05, 4.69) is 4.98 Å². The van der Waals surface area contributed by atoms with Gasteiger partial charge in [-0.3, -0.25) is 19.4 Å². The summed E-state index contributed by atoms with van der Waals surface area (Å²) in [5.41, 5.74) is 3.42. The second-order valence-corrected chi connectivity index (χ2v) is 9.24. The first kappa shape index (κ1) is 21.5. The average molecular weight is 464 g/mol. The molecule has 35 heavy (non-hydrogen) atoms. The molecule has 0 N–H and O–H groups in total. The predicted molar refractivity (Wildman–Crippen MR) is 134 cm³/mol. The Labute approximate surface area is 202 Å². The molecule has 0 saturated carbocycles. The number of pyridine rings is 2. The molecule has 0 unspecified atom stereocenters. The summed E-state index contributed by atoms with van der Waals surface area (Å²) >= 11 is 0. The van der Waals surface area contributed by atoms with E-state index in [1.807, 2.05) is 59.6 Å². The lowest BCUT2D eigenvalue weighted by molar-refractivity contribution is -0.135. The largest absolute Gasteiger partial charge is 0.336 e. The molecule has 1 saturated heterocycles. The van der Waals surface area contributed by atoms with Crippen molar-refractivity contribution in [2.24, 2.45) is 0 Å². The molecule has 2 aliphatic rings. The summed E-state index contributed by atoms with van der Waals surface area (Å²) in [4.78, 5) is 46.6. The van der Waals surface area contributed by atoms with Crippen molar-refractivity contribution in [2.75, 3.05) is 6.54 Å². The number of fused-ring (bicyclic) bond motifs is 5. The van der Waals surface area contributed by atoms with Crippen LogP contribution in [0, 0.1) is 0 Å². The highest BCUT2D eigenvalue weighted by molar-refractivity contribution is 6.26. The number of nitrogens with zero attached hydrogens (tertiary/aromatic N) is 3. The lowest BCUT2D eigenvalue weighted by Gasteiger charge is -2.36. The summed E-state index contributed by atoms with van der Waals surface area (Å²) in [5.74, 6) is -0.0514. The van der Waals surface area contributed by atoms with Crippen molar-refractivity contribution >= 4 is 22.5 Å². The molecule has 2 aromatic heterocycles. The van der Waals surface area contributed by atoms with E-state index in [0.29, 0.717) is 34.1 Å². The summed E-state index contributed by atoms with van der Waals surface area (Å²) in [6.07, 6.45) is 6.71. The van der Waals surface area contributed by atoms with Crippen LogP contribution in [0.15, 0.2) is 77.9 Å². The number of hydrogen-bond acceptors (Lipinski definition) is 4. The third kappa shape index (κ3) is 3.48. The van der Waals surface area contributed by atoms with Crippen LogP contribution in [-0.4, -0.2) is 32.7 Å². The summed E-state index contributed by atoms with van der Waals surface area (Å²) in [7, 11) is 0. The van der Waals surface area contributed by atoms with E-state index in [1.165, 1.54) is 0 Å². The zero-order valence-corrected chi connectivity index (χ0v) is 19.3. The van der Waals surface area contributed by atoms with Crippen molar-refractivity contribution in [1.29, 1.82) is 0 Å². The van der Waals surface area contributed by atoms with E-state index in [4.69, 9.17) is 0 Å². The second kappa shape index (κ2) is 8.62. The Morgan fingerprint density at radius 1 is 0.914 bits per heavy atom. The fourth-order valence-electron chi connectivity index (χ4n) is 5.64. The fraction of sp³-hybridized carbons (Fsp3) is 0.241. The van der Waals surface area contributed by atoms with Gasteiger partial charge < -0.3 is 9.47 Å². The van der Waals surface area contributed by atoms with Crippen molar-refractivity contribution in [1.82, 2.24) is 14.5 Å². The van der Waals surface area contributed by atoms with Gasteiger partial charge in [-0.05, 0) is 37.0 Å². The van der Waals surface area contributed by atoms with Crippen LogP contribution in [0.2, 0.25) is 0 Å². The van der Waals surface area contributed by atoms with Gasteiger partial charge in [0, 0.05) is 53.8 Å². The number of carbonyl (C=O) groups excluding carboxylic acids is 2. The maximum atomic E-state index is 13.6. The van der Waals surface area contributed by atoms with Gasteiger partial charge in [0.25, 0.3) is 5.56 Å². The van der Waals surface area contributed by atoms with Crippen molar-refractivity contribution in [3.05, 3.63) is 100 Å². The lowest BCUT2D eigenvalue weighted by Crippen LogP contribution is -2.39. The van der Waals surface area contributed by atoms with Gasteiger partial charge >= 0.3 is 0 Å². The van der Waals surface area contributed by atoms with Gasteiger partial charge in [-0.1, -0.05) is 48.5 Å². The van der Waals surface area contributed by atoms with E-state index >= 15 is 0 Å². The van der Waals surface area contributed by atoms with E-state index in [1.54, 1.807) is 22.9 Å². The molecule has 1 aliphatic heterocycles. The van der Waals surface area contributed by atoms with Gasteiger partial charge in [0.05, 0.1) is 17.3 Å². The van der Waals surface area contributed by atoms with Crippen molar-refractivity contribution < 1.29 is 9.59 Å². The standard InChI is InChI=1S/C29H25N3O3/c33-25(31-16-6-5-13-24(31)19-8-7-15-30-18-19)14-17-32-27-21-10-2-3-11-22(21)28(34)26(27)20-9-1-4-12-23(20)29(32)35/h1-4,7-12,15,18,24H,5-6,13-14,16-17H2/t24-/m0/s1. The molecule has 6 heteroatoms. The number of rotatable bonds is 4. The second-order valence-electron chi connectivity index (χ2n) is 9.24. The van der Waals surface area contributed by atoms with Crippen LogP contribution in [0.25, 0.3) is 22.0 Å². The number of aromatic nitrogens is 2. The Balaban J connectivity index is 1.39. The zero-order valence-electron chi connectivity index (χ0n) is 19.3. The number of likely N-dealkylation sites (tertiary alicyclic amines) is 1. The van der Waals surface area contributed by atoms with Crippen LogP contribution in [0.1, 0.15) is 53.2 Å². The minimum Gasteiger partial charge on any atom is -0.336 e. The third-order valence-electron chi connectivity index (χ3n) is 7.27. The van der Waals surface area contributed by atoms with Gasteiger partial charge in [-0.25, -0.2) is 0 Å². The maximum absolute atomic E-state index is 13.6. The molecule has 0 radical (unpaired) electrons. The third-order valence-corrected chi connectivity index (χ3v) is 7.27. The van der Waals surface area contributed by atoms with Gasteiger partial charge in [0.1, 0.15) is 0 Å². The molecule has 6 rings (SSSR count). The van der Waals surface area contributed by atoms with Crippen LogP contribution in [-0.2, 0) is 11.3 Å². The Morgan fingerprint density at radius 2 is 1.69 bits per heavy atom. The molecular weight excluding hydrogens is 438 g/mol. The SMILES string of the molecule is O=C1c2ccccc2-c2c1c1ccccc1c(=O)n2CCC(=O)N1CCCC[C@H]1c1cccnc1.